The van der Waals surface area contributed by atoms with Gasteiger partial charge in [0.2, 0.25) is 0 Å². The van der Waals surface area contributed by atoms with E-state index < -0.39 is 0 Å². The molecule has 0 amide bonds. The minimum atomic E-state index is -0.144. The molecule has 1 heterocycles. The molecule has 0 saturated carbocycles. The van der Waals surface area contributed by atoms with Crippen LogP contribution in [0.5, 0.6) is 0 Å². The van der Waals surface area contributed by atoms with Gasteiger partial charge in [0.25, 0.3) is 0 Å². The first kappa shape index (κ1) is 7.32. The maximum atomic E-state index is 10.7. The van der Waals surface area contributed by atoms with Crippen LogP contribution in [-0.2, 0) is 9.53 Å². The van der Waals surface area contributed by atoms with Crippen molar-refractivity contribution in [2.24, 2.45) is 5.41 Å². The number of hydrogen-bond acceptors (Lipinski definition) is 2. The van der Waals surface area contributed by atoms with Gasteiger partial charge >= 0.3 is 5.97 Å². The zero-order valence-electron chi connectivity index (χ0n) is 6.44. The van der Waals surface area contributed by atoms with Crippen molar-refractivity contribution >= 4 is 5.97 Å². The Hall–Kier alpha value is -0.790. The van der Waals surface area contributed by atoms with Crippen LogP contribution in [0.15, 0.2) is 12.3 Å². The Balaban J connectivity index is 2.80. The fourth-order valence-corrected chi connectivity index (χ4v) is 1.04. The van der Waals surface area contributed by atoms with Crippen LogP contribution in [0, 0.1) is 5.41 Å². The predicted molar refractivity (Wildman–Crippen MR) is 38.2 cm³/mol. The molecule has 0 aromatic rings. The van der Waals surface area contributed by atoms with Crippen LogP contribution < -0.4 is 0 Å². The lowest BCUT2D eigenvalue weighted by Gasteiger charge is -2.17. The van der Waals surface area contributed by atoms with Gasteiger partial charge in [-0.05, 0) is 6.42 Å². The van der Waals surface area contributed by atoms with Crippen LogP contribution in [0.3, 0.4) is 0 Å². The van der Waals surface area contributed by atoms with Gasteiger partial charge in [0.15, 0.2) is 0 Å². The second-order valence-electron chi connectivity index (χ2n) is 2.99. The highest BCUT2D eigenvalue weighted by Crippen LogP contribution is 2.40. The maximum Gasteiger partial charge on any atom is 0.311 e. The molecule has 0 radical (unpaired) electrons. The number of allylic oxidation sites excluding steroid dienone is 1. The molecule has 1 aliphatic rings. The normalized spacial score (nSPS) is 32.6. The van der Waals surface area contributed by atoms with Crippen molar-refractivity contribution in [2.75, 3.05) is 0 Å². The van der Waals surface area contributed by atoms with Crippen LogP contribution in [0.4, 0.5) is 0 Å². The van der Waals surface area contributed by atoms with E-state index in [0.717, 1.165) is 6.42 Å². The third-order valence-electron chi connectivity index (χ3n) is 2.23. The van der Waals surface area contributed by atoms with Crippen LogP contribution in [-0.4, -0.2) is 5.97 Å². The summed E-state index contributed by atoms with van der Waals surface area (Å²) >= 11 is 0. The second-order valence-corrected chi connectivity index (χ2v) is 2.99. The number of carbonyl (C=O) groups is 1. The highest BCUT2D eigenvalue weighted by Gasteiger charge is 2.38. The van der Waals surface area contributed by atoms with E-state index in [9.17, 15) is 4.79 Å². The second kappa shape index (κ2) is 2.11. The lowest BCUT2D eigenvalue weighted by Crippen LogP contribution is -2.11. The molecule has 0 aliphatic carbocycles. The molecule has 2 heteroatoms. The van der Waals surface area contributed by atoms with Gasteiger partial charge in [0.05, 0.1) is 6.42 Å². The number of rotatable bonds is 1. The standard InChI is InChI=1S/C8H12O2/c1-4-8(3)5-7(9)10-6(8)2/h2,4-5H2,1,3H3. The van der Waals surface area contributed by atoms with E-state index in [-0.39, 0.29) is 11.4 Å². The maximum absolute atomic E-state index is 10.7. The minimum Gasteiger partial charge on any atom is -0.431 e. The van der Waals surface area contributed by atoms with Gasteiger partial charge in [-0.3, -0.25) is 4.79 Å². The third-order valence-corrected chi connectivity index (χ3v) is 2.23. The average molecular weight is 140 g/mol. The fraction of sp³-hybridized carbons (Fsp3) is 0.625. The summed E-state index contributed by atoms with van der Waals surface area (Å²) in [5, 5.41) is 0. The van der Waals surface area contributed by atoms with Crippen molar-refractivity contribution in [3.8, 4) is 0 Å². The fourth-order valence-electron chi connectivity index (χ4n) is 1.04. The van der Waals surface area contributed by atoms with Crippen molar-refractivity contribution in [2.45, 2.75) is 26.7 Å². The van der Waals surface area contributed by atoms with Gasteiger partial charge in [-0.15, -0.1) is 0 Å². The molecule has 56 valence electrons. The molecule has 0 spiro atoms. The molecule has 1 rings (SSSR count). The molecule has 1 fully saturated rings. The molecule has 0 bridgehead atoms. The zero-order valence-corrected chi connectivity index (χ0v) is 6.44. The summed E-state index contributed by atoms with van der Waals surface area (Å²) in [6.45, 7) is 7.72. The first-order valence-corrected chi connectivity index (χ1v) is 3.48. The lowest BCUT2D eigenvalue weighted by atomic mass is 9.85. The Kier molecular flexibility index (Phi) is 1.55. The highest BCUT2D eigenvalue weighted by atomic mass is 16.5. The van der Waals surface area contributed by atoms with Crippen LogP contribution >= 0.6 is 0 Å². The van der Waals surface area contributed by atoms with Gasteiger partial charge in [-0.25, -0.2) is 0 Å². The quantitative estimate of drug-likeness (QED) is 0.520. The number of ether oxygens (including phenoxy) is 1. The Bertz CT molecular complexity index is 184. The van der Waals surface area contributed by atoms with Gasteiger partial charge < -0.3 is 4.74 Å². The minimum absolute atomic E-state index is 0.100. The number of carbonyl (C=O) groups excluding carboxylic acids is 1. The van der Waals surface area contributed by atoms with Crippen molar-refractivity contribution in [1.82, 2.24) is 0 Å². The average Bonchev–Trinajstić information content (AvgIpc) is 2.09. The molecule has 0 N–H and O–H groups in total. The summed E-state index contributed by atoms with van der Waals surface area (Å²) in [6, 6.07) is 0. The Morgan fingerprint density at radius 2 is 2.40 bits per heavy atom. The van der Waals surface area contributed by atoms with E-state index in [0.29, 0.717) is 12.2 Å². The van der Waals surface area contributed by atoms with Crippen LogP contribution in [0.2, 0.25) is 0 Å². The molecule has 1 saturated heterocycles. The molecule has 0 aromatic carbocycles. The van der Waals surface area contributed by atoms with Crippen molar-refractivity contribution in [3.05, 3.63) is 12.3 Å². The van der Waals surface area contributed by atoms with Gasteiger partial charge in [0.1, 0.15) is 5.76 Å². The number of esters is 1. The van der Waals surface area contributed by atoms with Crippen molar-refractivity contribution in [1.29, 1.82) is 0 Å². The Labute approximate surface area is 60.9 Å². The van der Waals surface area contributed by atoms with E-state index in [4.69, 9.17) is 4.74 Å². The summed E-state index contributed by atoms with van der Waals surface area (Å²) in [7, 11) is 0. The topological polar surface area (TPSA) is 26.3 Å². The molecule has 1 unspecified atom stereocenters. The van der Waals surface area contributed by atoms with Crippen molar-refractivity contribution < 1.29 is 9.53 Å². The summed E-state index contributed by atoms with van der Waals surface area (Å²) in [5.41, 5.74) is -0.100. The zero-order chi connectivity index (χ0) is 7.78. The van der Waals surface area contributed by atoms with E-state index in [1.54, 1.807) is 0 Å². The van der Waals surface area contributed by atoms with Crippen LogP contribution in [0.25, 0.3) is 0 Å². The van der Waals surface area contributed by atoms with E-state index >= 15 is 0 Å². The summed E-state index contributed by atoms with van der Waals surface area (Å²) in [5.74, 6) is 0.481. The van der Waals surface area contributed by atoms with E-state index in [1.807, 2.05) is 13.8 Å². The monoisotopic (exact) mass is 140 g/mol. The summed E-state index contributed by atoms with van der Waals surface area (Å²) < 4.78 is 4.83. The first-order chi connectivity index (χ1) is 4.58. The predicted octanol–water partition coefficient (Wildman–Crippen LogP) is 1.86. The Morgan fingerprint density at radius 1 is 1.80 bits per heavy atom. The molecule has 0 aromatic heterocycles. The van der Waals surface area contributed by atoms with Gasteiger partial charge in [-0.1, -0.05) is 20.4 Å². The molecular formula is C8H12O2. The largest absolute Gasteiger partial charge is 0.431 e. The summed E-state index contributed by atoms with van der Waals surface area (Å²) in [4.78, 5) is 10.7. The third kappa shape index (κ3) is 0.939. The van der Waals surface area contributed by atoms with E-state index in [1.165, 1.54) is 0 Å². The first-order valence-electron chi connectivity index (χ1n) is 3.48. The molecule has 10 heavy (non-hydrogen) atoms. The van der Waals surface area contributed by atoms with Crippen molar-refractivity contribution in [3.63, 3.8) is 0 Å². The Morgan fingerprint density at radius 3 is 2.60 bits per heavy atom. The molecule has 1 atom stereocenters. The number of hydrogen-bond donors (Lipinski definition) is 0. The smallest absolute Gasteiger partial charge is 0.311 e. The van der Waals surface area contributed by atoms with Gasteiger partial charge in [-0.2, -0.15) is 0 Å². The van der Waals surface area contributed by atoms with Crippen LogP contribution in [0.1, 0.15) is 26.7 Å². The van der Waals surface area contributed by atoms with E-state index in [2.05, 4.69) is 6.58 Å². The molecule has 2 nitrogen and oxygen atoms in total. The number of cyclic esters (lactones) is 1. The highest BCUT2D eigenvalue weighted by molar-refractivity contribution is 5.75. The summed E-state index contributed by atoms with van der Waals surface area (Å²) in [6.07, 6.45) is 1.40. The molecular weight excluding hydrogens is 128 g/mol. The molecule has 1 aliphatic heterocycles. The van der Waals surface area contributed by atoms with Gasteiger partial charge in [0, 0.05) is 5.41 Å². The lowest BCUT2D eigenvalue weighted by molar-refractivity contribution is -0.135. The SMILES string of the molecule is C=C1OC(=O)CC1(C)CC.